The summed E-state index contributed by atoms with van der Waals surface area (Å²) in [6.07, 6.45) is 1.13. The molecule has 0 aliphatic rings. The predicted octanol–water partition coefficient (Wildman–Crippen LogP) is 7.35. The molecule has 0 aliphatic heterocycles. The van der Waals surface area contributed by atoms with Crippen LogP contribution in [0.5, 0.6) is 0 Å². The first-order valence-electron chi connectivity index (χ1n) is 7.78. The molecule has 0 unspecified atom stereocenters. The van der Waals surface area contributed by atoms with E-state index in [0.29, 0.717) is 0 Å². The molecule has 0 heterocycles. The average molecular weight is 495 g/mol. The van der Waals surface area contributed by atoms with Gasteiger partial charge in [-0.3, -0.25) is 0 Å². The van der Waals surface area contributed by atoms with Crippen molar-refractivity contribution < 1.29 is 23.3 Å². The van der Waals surface area contributed by atoms with E-state index in [1.54, 1.807) is 0 Å². The number of hydrogen-bond donors (Lipinski definition) is 0. The van der Waals surface area contributed by atoms with E-state index >= 15 is 0 Å². The van der Waals surface area contributed by atoms with Crippen molar-refractivity contribution in [1.82, 2.24) is 0 Å². The van der Waals surface area contributed by atoms with Gasteiger partial charge in [-0.25, -0.2) is 0 Å². The van der Waals surface area contributed by atoms with Crippen molar-refractivity contribution in [3.63, 3.8) is 0 Å². The SMILES string of the molecule is CCc1cccc2[cH-]c(C)cc12.Cl.Cl.[CH3-].[CH3-].[Si]=[Zr].c1ccc2[cH-]ccc2c1. The van der Waals surface area contributed by atoms with E-state index in [2.05, 4.69) is 93.5 Å². The van der Waals surface area contributed by atoms with Crippen LogP contribution in [0, 0.1) is 21.8 Å². The standard InChI is InChI=1S/C12H13.C9H7.2CH3.2ClH.Si.Zr/c1-3-10-5-4-6-11-7-9(2)8-12(10)11;1-2-5-9-7-3-6-8(9)4-1;;;;;;/h4-8H,3H2,1-2H3;1-7H;2*1H3;2*1H;;/q4*-1;;;;. The van der Waals surface area contributed by atoms with Crippen molar-refractivity contribution in [3.8, 4) is 0 Å². The molecule has 4 aromatic rings. The first kappa shape index (κ1) is 31.0. The number of halogens is 2. The summed E-state index contributed by atoms with van der Waals surface area (Å²) in [4.78, 5) is 0. The molecule has 0 aliphatic carbocycles. The van der Waals surface area contributed by atoms with E-state index in [4.69, 9.17) is 0 Å². The molecule has 27 heavy (non-hydrogen) atoms. The first-order chi connectivity index (χ1) is 11.3. The third-order valence-electron chi connectivity index (χ3n) is 3.91. The molecule has 4 aromatic carbocycles. The van der Waals surface area contributed by atoms with Crippen LogP contribution in [0.15, 0.2) is 72.8 Å². The summed E-state index contributed by atoms with van der Waals surface area (Å²) in [5, 5.41) is 5.47. The zero-order valence-electron chi connectivity index (χ0n) is 16.5. The number of hydrogen-bond acceptors (Lipinski definition) is 0. The van der Waals surface area contributed by atoms with E-state index in [-0.39, 0.29) is 39.7 Å². The van der Waals surface area contributed by atoms with Gasteiger partial charge in [0.1, 0.15) is 0 Å². The zero-order valence-corrected chi connectivity index (χ0v) is 21.5. The summed E-state index contributed by atoms with van der Waals surface area (Å²) in [7, 11) is 0. The Labute approximate surface area is 194 Å². The Morgan fingerprint density at radius 2 is 1.52 bits per heavy atom. The molecule has 146 valence electrons. The van der Waals surface area contributed by atoms with E-state index in [1.165, 1.54) is 56.0 Å². The number of fused-ring (bicyclic) bond motifs is 2. The van der Waals surface area contributed by atoms with Crippen molar-refractivity contribution in [1.29, 1.82) is 0 Å². The molecule has 0 nitrogen and oxygen atoms in total. The third-order valence-corrected chi connectivity index (χ3v) is 3.91. The van der Waals surface area contributed by atoms with Crippen LogP contribution in [0.4, 0.5) is 0 Å². The number of aryl methyl sites for hydroxylation is 2. The summed E-state index contributed by atoms with van der Waals surface area (Å²) in [5.74, 6) is 0. The Kier molecular flexibility index (Phi) is 18.8. The van der Waals surface area contributed by atoms with E-state index in [0.717, 1.165) is 6.42 Å². The molecular formula is C23H28Cl2SiZr-4. The van der Waals surface area contributed by atoms with Gasteiger partial charge in [-0.1, -0.05) is 31.5 Å². The van der Waals surface area contributed by atoms with Gasteiger partial charge in [-0.05, 0) is 6.42 Å². The minimum absolute atomic E-state index is 0. The van der Waals surface area contributed by atoms with Gasteiger partial charge in [0.15, 0.2) is 0 Å². The van der Waals surface area contributed by atoms with Gasteiger partial charge in [0.25, 0.3) is 0 Å². The molecule has 4 heteroatoms. The van der Waals surface area contributed by atoms with Crippen molar-refractivity contribution in [2.75, 3.05) is 0 Å². The van der Waals surface area contributed by atoms with Crippen molar-refractivity contribution in [3.05, 3.63) is 98.8 Å². The molecular weight excluding hydrogens is 466 g/mol. The van der Waals surface area contributed by atoms with Gasteiger partial charge in [0.05, 0.1) is 0 Å². The Morgan fingerprint density at radius 1 is 0.889 bits per heavy atom. The van der Waals surface area contributed by atoms with Gasteiger partial charge in [-0.15, -0.1) is 89.0 Å². The molecule has 0 amide bonds. The minimum Gasteiger partial charge on any atom is -0.168 e. The Hall–Kier alpha value is -0.660. The van der Waals surface area contributed by atoms with Crippen molar-refractivity contribution in [2.45, 2.75) is 20.3 Å². The maximum Gasteiger partial charge on any atom is -0.0809 e. The summed E-state index contributed by atoms with van der Waals surface area (Å²) < 4.78 is 0. The van der Waals surface area contributed by atoms with Crippen LogP contribution >= 0.6 is 24.8 Å². The molecule has 0 atom stereocenters. The second-order valence-electron chi connectivity index (χ2n) is 5.46. The van der Waals surface area contributed by atoms with Crippen LogP contribution in [0.2, 0.25) is 0 Å². The van der Waals surface area contributed by atoms with Gasteiger partial charge >= 0.3 is 30.2 Å². The fraction of sp³-hybridized carbons (Fsp3) is 0.130. The third kappa shape index (κ3) is 8.48. The van der Waals surface area contributed by atoms with Crippen LogP contribution in [0.3, 0.4) is 0 Å². The summed E-state index contributed by atoms with van der Waals surface area (Å²) in [6, 6.07) is 25.7. The molecule has 0 bridgehead atoms. The maximum atomic E-state index is 3.06. The summed E-state index contributed by atoms with van der Waals surface area (Å²) in [5.41, 5.74) is 2.83. The number of benzene rings is 2. The zero-order chi connectivity index (χ0) is 16.7. The molecule has 0 saturated heterocycles. The topological polar surface area (TPSA) is 0 Å². The molecule has 0 fully saturated rings. The average Bonchev–Trinajstić information content (AvgIpc) is 3.22. The van der Waals surface area contributed by atoms with Gasteiger partial charge in [0, 0.05) is 0 Å². The molecule has 4 rings (SSSR count). The second kappa shape index (κ2) is 16.3. The Morgan fingerprint density at radius 3 is 2.15 bits per heavy atom. The second-order valence-corrected chi connectivity index (χ2v) is 5.46. The van der Waals surface area contributed by atoms with E-state index in [1.807, 2.05) is 0 Å². The Balaban J connectivity index is -0.000000351. The first-order valence-corrected chi connectivity index (χ1v) is 12.0. The maximum absolute atomic E-state index is 3.06. The summed E-state index contributed by atoms with van der Waals surface area (Å²) >= 11 is 1.36. The van der Waals surface area contributed by atoms with E-state index < -0.39 is 0 Å². The normalized spacial score (nSPS) is 8.33. The smallest absolute Gasteiger partial charge is 0.0809 e. The number of rotatable bonds is 1. The molecule has 0 N–H and O–H groups in total. The largest absolute Gasteiger partial charge is 0.168 e. The predicted molar refractivity (Wildman–Crippen MR) is 126 cm³/mol. The molecule has 0 saturated carbocycles. The Bertz CT molecular complexity index is 850. The van der Waals surface area contributed by atoms with E-state index in [9.17, 15) is 0 Å². The van der Waals surface area contributed by atoms with Gasteiger partial charge in [0.2, 0.25) is 0 Å². The van der Waals surface area contributed by atoms with Crippen LogP contribution in [-0.4, -0.2) is 6.88 Å². The molecule has 0 aromatic heterocycles. The van der Waals surface area contributed by atoms with Crippen molar-refractivity contribution >= 4 is 53.2 Å². The minimum atomic E-state index is 0. The summed E-state index contributed by atoms with van der Waals surface area (Å²) in [6.45, 7) is 7.42. The fourth-order valence-electron chi connectivity index (χ4n) is 2.83. The fourth-order valence-corrected chi connectivity index (χ4v) is 2.83. The van der Waals surface area contributed by atoms with Crippen molar-refractivity contribution in [2.24, 2.45) is 0 Å². The van der Waals surface area contributed by atoms with Crippen LogP contribution in [0.25, 0.3) is 21.5 Å². The van der Waals surface area contributed by atoms with Gasteiger partial charge in [-0.2, -0.15) is 23.6 Å². The quantitative estimate of drug-likeness (QED) is 0.192. The molecule has 2 radical (unpaired) electrons. The monoisotopic (exact) mass is 492 g/mol. The van der Waals surface area contributed by atoms with Crippen LogP contribution < -0.4 is 0 Å². The van der Waals surface area contributed by atoms with Crippen LogP contribution in [-0.2, 0) is 29.8 Å². The van der Waals surface area contributed by atoms with Gasteiger partial charge < -0.3 is 14.9 Å². The molecule has 0 spiro atoms. The van der Waals surface area contributed by atoms with Crippen LogP contribution in [0.1, 0.15) is 18.1 Å².